The quantitative estimate of drug-likeness (QED) is 0.911. The molecule has 0 aliphatic carbocycles. The SMILES string of the molecule is COc1cc(C(=O)O)ccc1-c1cc(C)cc(C)c1. The highest BCUT2D eigenvalue weighted by molar-refractivity contribution is 5.89. The second kappa shape index (κ2) is 5.14. The summed E-state index contributed by atoms with van der Waals surface area (Å²) >= 11 is 0. The Morgan fingerprint density at radius 3 is 2.21 bits per heavy atom. The van der Waals surface area contributed by atoms with E-state index >= 15 is 0 Å². The van der Waals surface area contributed by atoms with Gasteiger partial charge in [-0.05, 0) is 37.6 Å². The normalized spacial score (nSPS) is 10.3. The summed E-state index contributed by atoms with van der Waals surface area (Å²) in [5, 5.41) is 9.00. The second-order valence-electron chi connectivity index (χ2n) is 4.60. The number of aromatic carboxylic acids is 1. The number of hydrogen-bond donors (Lipinski definition) is 1. The first-order chi connectivity index (χ1) is 9.01. The molecule has 0 bridgehead atoms. The first kappa shape index (κ1) is 13.1. The Balaban J connectivity index is 2.58. The van der Waals surface area contributed by atoms with Gasteiger partial charge in [0.2, 0.25) is 0 Å². The highest BCUT2D eigenvalue weighted by Gasteiger charge is 2.11. The average Bonchev–Trinajstić information content (AvgIpc) is 2.36. The van der Waals surface area contributed by atoms with Crippen molar-refractivity contribution in [3.8, 4) is 16.9 Å². The molecular formula is C16H16O3. The van der Waals surface area contributed by atoms with Gasteiger partial charge in [0.1, 0.15) is 5.75 Å². The summed E-state index contributed by atoms with van der Waals surface area (Å²) in [6.07, 6.45) is 0. The van der Waals surface area contributed by atoms with Gasteiger partial charge < -0.3 is 9.84 Å². The number of ether oxygens (including phenoxy) is 1. The van der Waals surface area contributed by atoms with E-state index in [0.29, 0.717) is 5.75 Å². The Labute approximate surface area is 112 Å². The predicted octanol–water partition coefficient (Wildman–Crippen LogP) is 3.68. The average molecular weight is 256 g/mol. The smallest absolute Gasteiger partial charge is 0.335 e. The number of carbonyl (C=O) groups is 1. The molecule has 2 aromatic rings. The monoisotopic (exact) mass is 256 g/mol. The van der Waals surface area contributed by atoms with E-state index < -0.39 is 5.97 Å². The van der Waals surface area contributed by atoms with Crippen LogP contribution >= 0.6 is 0 Å². The van der Waals surface area contributed by atoms with Crippen LogP contribution in [0.1, 0.15) is 21.5 Å². The molecule has 0 radical (unpaired) electrons. The highest BCUT2D eigenvalue weighted by Crippen LogP contribution is 2.32. The molecule has 19 heavy (non-hydrogen) atoms. The Hall–Kier alpha value is -2.29. The zero-order valence-corrected chi connectivity index (χ0v) is 11.2. The minimum Gasteiger partial charge on any atom is -0.496 e. The van der Waals surface area contributed by atoms with Crippen LogP contribution in [0.3, 0.4) is 0 Å². The van der Waals surface area contributed by atoms with Gasteiger partial charge in [-0.2, -0.15) is 0 Å². The molecule has 2 aromatic carbocycles. The summed E-state index contributed by atoms with van der Waals surface area (Å²) in [7, 11) is 1.55. The standard InChI is InChI=1S/C16H16O3/c1-10-6-11(2)8-13(7-10)14-5-4-12(16(17)18)9-15(14)19-3/h4-9H,1-3H3,(H,17,18). The van der Waals surface area contributed by atoms with Crippen molar-refractivity contribution < 1.29 is 14.6 Å². The topological polar surface area (TPSA) is 46.5 Å². The third-order valence-corrected chi connectivity index (χ3v) is 2.98. The third-order valence-electron chi connectivity index (χ3n) is 2.98. The van der Waals surface area contributed by atoms with Gasteiger partial charge in [-0.15, -0.1) is 0 Å². The molecule has 0 fully saturated rings. The number of rotatable bonds is 3. The summed E-state index contributed by atoms with van der Waals surface area (Å²) in [5.41, 5.74) is 4.49. The van der Waals surface area contributed by atoms with Crippen molar-refractivity contribution in [3.63, 3.8) is 0 Å². The molecule has 0 spiro atoms. The lowest BCUT2D eigenvalue weighted by atomic mass is 9.99. The molecule has 0 aromatic heterocycles. The number of aryl methyl sites for hydroxylation is 2. The van der Waals surface area contributed by atoms with Crippen molar-refractivity contribution in [1.82, 2.24) is 0 Å². The molecule has 0 saturated carbocycles. The number of benzene rings is 2. The van der Waals surface area contributed by atoms with Gasteiger partial charge >= 0.3 is 5.97 Å². The maximum Gasteiger partial charge on any atom is 0.335 e. The van der Waals surface area contributed by atoms with Gasteiger partial charge in [-0.25, -0.2) is 4.79 Å². The molecule has 0 aliphatic heterocycles. The van der Waals surface area contributed by atoms with Gasteiger partial charge in [0.15, 0.2) is 0 Å². The summed E-state index contributed by atoms with van der Waals surface area (Å²) in [5.74, 6) is -0.379. The fourth-order valence-corrected chi connectivity index (χ4v) is 2.19. The molecule has 1 N–H and O–H groups in total. The van der Waals surface area contributed by atoms with Gasteiger partial charge in [0.25, 0.3) is 0 Å². The molecular weight excluding hydrogens is 240 g/mol. The lowest BCUT2D eigenvalue weighted by Crippen LogP contribution is -1.98. The molecule has 2 rings (SSSR count). The van der Waals surface area contributed by atoms with Crippen LogP contribution in [0, 0.1) is 13.8 Å². The summed E-state index contributed by atoms with van der Waals surface area (Å²) in [4.78, 5) is 11.0. The van der Waals surface area contributed by atoms with Crippen molar-refractivity contribution in [2.45, 2.75) is 13.8 Å². The van der Waals surface area contributed by atoms with Crippen molar-refractivity contribution in [1.29, 1.82) is 0 Å². The van der Waals surface area contributed by atoms with E-state index in [1.165, 1.54) is 11.1 Å². The van der Waals surface area contributed by atoms with E-state index in [1.54, 1.807) is 25.3 Å². The second-order valence-corrected chi connectivity index (χ2v) is 4.60. The zero-order valence-electron chi connectivity index (χ0n) is 11.2. The molecule has 0 unspecified atom stereocenters. The van der Waals surface area contributed by atoms with E-state index in [-0.39, 0.29) is 5.56 Å². The van der Waals surface area contributed by atoms with E-state index in [9.17, 15) is 4.79 Å². The van der Waals surface area contributed by atoms with Crippen molar-refractivity contribution in [3.05, 3.63) is 53.1 Å². The molecule has 3 nitrogen and oxygen atoms in total. The molecule has 0 atom stereocenters. The Morgan fingerprint density at radius 1 is 1.05 bits per heavy atom. The third kappa shape index (κ3) is 2.76. The maximum atomic E-state index is 11.0. The fourth-order valence-electron chi connectivity index (χ4n) is 2.19. The predicted molar refractivity (Wildman–Crippen MR) is 74.9 cm³/mol. The number of methoxy groups -OCH3 is 1. The highest BCUT2D eigenvalue weighted by atomic mass is 16.5. The summed E-state index contributed by atoms with van der Waals surface area (Å²) in [6, 6.07) is 11.2. The molecule has 0 heterocycles. The van der Waals surface area contributed by atoms with Crippen LogP contribution in [0.25, 0.3) is 11.1 Å². The summed E-state index contributed by atoms with van der Waals surface area (Å²) < 4.78 is 5.31. The van der Waals surface area contributed by atoms with Crippen LogP contribution in [-0.2, 0) is 0 Å². The number of carboxylic acids is 1. The first-order valence-electron chi connectivity index (χ1n) is 6.01. The lowest BCUT2D eigenvalue weighted by molar-refractivity contribution is 0.0696. The van der Waals surface area contributed by atoms with E-state index in [2.05, 4.69) is 18.2 Å². The van der Waals surface area contributed by atoms with E-state index in [0.717, 1.165) is 11.1 Å². The van der Waals surface area contributed by atoms with Crippen LogP contribution in [0.2, 0.25) is 0 Å². The molecule has 98 valence electrons. The van der Waals surface area contributed by atoms with Crippen LogP contribution in [0.15, 0.2) is 36.4 Å². The van der Waals surface area contributed by atoms with Crippen molar-refractivity contribution >= 4 is 5.97 Å². The fraction of sp³-hybridized carbons (Fsp3) is 0.188. The molecule has 0 amide bonds. The minimum absolute atomic E-state index is 0.227. The maximum absolute atomic E-state index is 11.0. The Morgan fingerprint density at radius 2 is 1.68 bits per heavy atom. The first-order valence-corrected chi connectivity index (χ1v) is 6.01. The number of carboxylic acid groups (broad SMARTS) is 1. The van der Waals surface area contributed by atoms with Gasteiger partial charge in [-0.3, -0.25) is 0 Å². The molecule has 0 aliphatic rings. The molecule has 3 heteroatoms. The van der Waals surface area contributed by atoms with Crippen LogP contribution < -0.4 is 4.74 Å². The Bertz CT molecular complexity index is 610. The largest absolute Gasteiger partial charge is 0.496 e. The van der Waals surface area contributed by atoms with Gasteiger partial charge in [-0.1, -0.05) is 29.3 Å². The van der Waals surface area contributed by atoms with Crippen LogP contribution in [0.4, 0.5) is 0 Å². The van der Waals surface area contributed by atoms with Crippen molar-refractivity contribution in [2.24, 2.45) is 0 Å². The van der Waals surface area contributed by atoms with Crippen LogP contribution in [0.5, 0.6) is 5.75 Å². The molecule has 0 saturated heterocycles. The Kier molecular flexibility index (Phi) is 3.56. The lowest BCUT2D eigenvalue weighted by Gasteiger charge is -2.11. The van der Waals surface area contributed by atoms with Crippen LogP contribution in [-0.4, -0.2) is 18.2 Å². The van der Waals surface area contributed by atoms with Gasteiger partial charge in [0.05, 0.1) is 12.7 Å². The number of hydrogen-bond acceptors (Lipinski definition) is 2. The van der Waals surface area contributed by atoms with Crippen molar-refractivity contribution in [2.75, 3.05) is 7.11 Å². The van der Waals surface area contributed by atoms with E-state index in [4.69, 9.17) is 9.84 Å². The summed E-state index contributed by atoms with van der Waals surface area (Å²) in [6.45, 7) is 4.07. The van der Waals surface area contributed by atoms with E-state index in [1.807, 2.05) is 13.8 Å². The zero-order chi connectivity index (χ0) is 14.0. The van der Waals surface area contributed by atoms with Gasteiger partial charge in [0, 0.05) is 5.56 Å². The minimum atomic E-state index is -0.953.